The molecule has 0 aromatic heterocycles. The third kappa shape index (κ3) is 5.11. The van der Waals surface area contributed by atoms with Crippen LogP contribution in [-0.4, -0.2) is 17.7 Å². The largest absolute Gasteiger partial charge is 0.389 e. The van der Waals surface area contributed by atoms with Gasteiger partial charge in [-0.25, -0.2) is 0 Å². The van der Waals surface area contributed by atoms with Gasteiger partial charge in [0, 0.05) is 12.3 Å². The second-order valence-corrected chi connectivity index (χ2v) is 5.42. The molecule has 5 heteroatoms. The Morgan fingerprint density at radius 3 is 2.44 bits per heavy atom. The predicted octanol–water partition coefficient (Wildman–Crippen LogP) is 4.00. The average Bonchev–Trinajstić information content (AvgIpc) is 2.24. The Morgan fingerprint density at radius 1 is 1.31 bits per heavy atom. The summed E-state index contributed by atoms with van der Waals surface area (Å²) >= 11 is 1.87. The van der Waals surface area contributed by atoms with Crippen LogP contribution in [0.15, 0.2) is 0 Å². The summed E-state index contributed by atoms with van der Waals surface area (Å²) in [6.07, 6.45) is -2.39. The van der Waals surface area contributed by atoms with Crippen molar-refractivity contribution in [1.82, 2.24) is 0 Å². The Morgan fingerprint density at radius 2 is 1.94 bits per heavy atom. The Hall–Kier alpha value is -0.370. The molecule has 1 unspecified atom stereocenters. The molecule has 1 saturated heterocycles. The lowest BCUT2D eigenvalue weighted by Gasteiger charge is -2.25. The number of thioether (sulfide) groups is 1. The van der Waals surface area contributed by atoms with E-state index in [-0.39, 0.29) is 12.3 Å². The topological polar surface area (TPSA) is 23.8 Å². The molecule has 1 aliphatic rings. The van der Waals surface area contributed by atoms with Gasteiger partial charge in [-0.1, -0.05) is 0 Å². The highest BCUT2D eigenvalue weighted by Crippen LogP contribution is 2.32. The van der Waals surface area contributed by atoms with Gasteiger partial charge in [-0.15, -0.1) is 0 Å². The number of hydrogen-bond donors (Lipinski definition) is 0. The van der Waals surface area contributed by atoms with Crippen LogP contribution >= 0.6 is 11.8 Å². The summed E-state index contributed by atoms with van der Waals surface area (Å²) in [6, 6.07) is 2.18. The number of nitriles is 1. The van der Waals surface area contributed by atoms with Gasteiger partial charge in [-0.2, -0.15) is 30.2 Å². The van der Waals surface area contributed by atoms with E-state index in [2.05, 4.69) is 6.07 Å². The summed E-state index contributed by atoms with van der Waals surface area (Å²) in [6.45, 7) is 0. The van der Waals surface area contributed by atoms with Crippen molar-refractivity contribution in [2.75, 3.05) is 11.5 Å². The molecule has 0 bridgehead atoms. The number of rotatable bonds is 4. The van der Waals surface area contributed by atoms with Gasteiger partial charge in [0.15, 0.2) is 0 Å². The molecule has 1 atom stereocenters. The van der Waals surface area contributed by atoms with Gasteiger partial charge in [0.2, 0.25) is 0 Å². The van der Waals surface area contributed by atoms with Crippen LogP contribution in [0.3, 0.4) is 0 Å². The molecule has 1 aliphatic heterocycles. The van der Waals surface area contributed by atoms with Crippen molar-refractivity contribution in [3.05, 3.63) is 0 Å². The molecule has 1 rings (SSSR count). The summed E-state index contributed by atoms with van der Waals surface area (Å²) in [5.74, 6) is 2.23. The lowest BCUT2D eigenvalue weighted by atomic mass is 9.85. The Bertz CT molecular complexity index is 241. The Balaban J connectivity index is 2.29. The van der Waals surface area contributed by atoms with Crippen LogP contribution in [-0.2, 0) is 0 Å². The van der Waals surface area contributed by atoms with Crippen molar-refractivity contribution in [2.45, 2.75) is 38.3 Å². The number of hydrogen-bond acceptors (Lipinski definition) is 2. The van der Waals surface area contributed by atoms with Crippen molar-refractivity contribution in [3.63, 3.8) is 0 Å². The SMILES string of the molecule is N#CC(CCCC(F)(F)F)C1CCSCC1. The average molecular weight is 251 g/mol. The van der Waals surface area contributed by atoms with E-state index in [9.17, 15) is 13.2 Å². The molecule has 1 fully saturated rings. The first-order chi connectivity index (χ1) is 7.53. The van der Waals surface area contributed by atoms with Crippen molar-refractivity contribution >= 4 is 11.8 Å². The van der Waals surface area contributed by atoms with Crippen LogP contribution in [0.25, 0.3) is 0 Å². The third-order valence-corrected chi connectivity index (χ3v) is 4.02. The van der Waals surface area contributed by atoms with Crippen LogP contribution in [0, 0.1) is 23.2 Å². The third-order valence-electron chi connectivity index (χ3n) is 2.98. The van der Waals surface area contributed by atoms with Crippen LogP contribution in [0.5, 0.6) is 0 Å². The van der Waals surface area contributed by atoms with Crippen LogP contribution in [0.2, 0.25) is 0 Å². The maximum atomic E-state index is 12.0. The van der Waals surface area contributed by atoms with Gasteiger partial charge >= 0.3 is 6.18 Å². The molecule has 1 nitrogen and oxygen atoms in total. The van der Waals surface area contributed by atoms with E-state index in [4.69, 9.17) is 5.26 Å². The molecular weight excluding hydrogens is 235 g/mol. The zero-order valence-corrected chi connectivity index (χ0v) is 9.91. The molecule has 0 aliphatic carbocycles. The van der Waals surface area contributed by atoms with Gasteiger partial charge in [-0.05, 0) is 43.1 Å². The van der Waals surface area contributed by atoms with E-state index < -0.39 is 12.6 Å². The molecule has 0 saturated carbocycles. The Labute approximate surface area is 98.4 Å². The molecule has 1 heterocycles. The van der Waals surface area contributed by atoms with Gasteiger partial charge < -0.3 is 0 Å². The minimum atomic E-state index is -4.08. The lowest BCUT2D eigenvalue weighted by molar-refractivity contribution is -0.136. The standard InChI is InChI=1S/C11H16F3NS/c12-11(13,14)5-1-2-10(8-15)9-3-6-16-7-4-9/h9-10H,1-7H2. The van der Waals surface area contributed by atoms with Crippen LogP contribution in [0.4, 0.5) is 13.2 Å². The molecule has 0 amide bonds. The molecular formula is C11H16F3NS. The van der Waals surface area contributed by atoms with Crippen molar-refractivity contribution < 1.29 is 13.2 Å². The summed E-state index contributed by atoms with van der Waals surface area (Å²) < 4.78 is 35.9. The monoisotopic (exact) mass is 251 g/mol. The summed E-state index contributed by atoms with van der Waals surface area (Å²) in [4.78, 5) is 0. The first-order valence-electron chi connectivity index (χ1n) is 5.57. The van der Waals surface area contributed by atoms with E-state index >= 15 is 0 Å². The molecule has 92 valence electrons. The molecule has 16 heavy (non-hydrogen) atoms. The van der Waals surface area contributed by atoms with Gasteiger partial charge in [0.05, 0.1) is 6.07 Å². The molecule has 0 spiro atoms. The molecule has 0 aromatic carbocycles. The summed E-state index contributed by atoms with van der Waals surface area (Å²) in [5, 5.41) is 8.97. The van der Waals surface area contributed by atoms with Gasteiger partial charge in [0.25, 0.3) is 0 Å². The van der Waals surface area contributed by atoms with Crippen LogP contribution < -0.4 is 0 Å². The zero-order chi connectivity index (χ0) is 12.0. The Kier molecular flexibility index (Phi) is 5.47. The van der Waals surface area contributed by atoms with Gasteiger partial charge in [-0.3, -0.25) is 0 Å². The number of halogens is 3. The minimum Gasteiger partial charge on any atom is -0.198 e. The van der Waals surface area contributed by atoms with E-state index in [1.165, 1.54) is 0 Å². The maximum absolute atomic E-state index is 12.0. The van der Waals surface area contributed by atoms with E-state index in [1.807, 2.05) is 11.8 Å². The molecule has 0 aromatic rings. The van der Waals surface area contributed by atoms with E-state index in [1.54, 1.807) is 0 Å². The molecule has 0 N–H and O–H groups in total. The highest BCUT2D eigenvalue weighted by molar-refractivity contribution is 7.99. The summed E-state index contributed by atoms with van der Waals surface area (Å²) in [7, 11) is 0. The van der Waals surface area contributed by atoms with Crippen LogP contribution in [0.1, 0.15) is 32.1 Å². The smallest absolute Gasteiger partial charge is 0.198 e. The second kappa shape index (κ2) is 6.39. The lowest BCUT2D eigenvalue weighted by Crippen LogP contribution is -2.19. The fraction of sp³-hybridized carbons (Fsp3) is 0.909. The quantitative estimate of drug-likeness (QED) is 0.754. The first kappa shape index (κ1) is 13.7. The highest BCUT2D eigenvalue weighted by atomic mass is 32.2. The predicted molar refractivity (Wildman–Crippen MR) is 59.1 cm³/mol. The van der Waals surface area contributed by atoms with E-state index in [0.717, 1.165) is 24.3 Å². The number of nitrogens with zero attached hydrogens (tertiary/aromatic N) is 1. The normalized spacial score (nSPS) is 20.4. The molecule has 0 radical (unpaired) electrons. The number of alkyl halides is 3. The summed E-state index contributed by atoms with van der Waals surface area (Å²) in [5.41, 5.74) is 0. The van der Waals surface area contributed by atoms with E-state index in [0.29, 0.717) is 12.3 Å². The minimum absolute atomic E-state index is 0.0887. The highest BCUT2D eigenvalue weighted by Gasteiger charge is 2.28. The fourth-order valence-corrected chi connectivity index (χ4v) is 3.19. The van der Waals surface area contributed by atoms with Crippen molar-refractivity contribution in [2.24, 2.45) is 11.8 Å². The van der Waals surface area contributed by atoms with Gasteiger partial charge in [0.1, 0.15) is 0 Å². The maximum Gasteiger partial charge on any atom is 0.389 e. The van der Waals surface area contributed by atoms with Crippen molar-refractivity contribution in [3.8, 4) is 6.07 Å². The van der Waals surface area contributed by atoms with Crippen molar-refractivity contribution in [1.29, 1.82) is 5.26 Å². The first-order valence-corrected chi connectivity index (χ1v) is 6.72. The fourth-order valence-electron chi connectivity index (χ4n) is 2.05. The second-order valence-electron chi connectivity index (χ2n) is 4.19. The zero-order valence-electron chi connectivity index (χ0n) is 9.09.